The van der Waals surface area contributed by atoms with Gasteiger partial charge in [-0.25, -0.2) is 0 Å². The predicted molar refractivity (Wildman–Crippen MR) is 99.5 cm³/mol. The lowest BCUT2D eigenvalue weighted by atomic mass is 10.1. The van der Waals surface area contributed by atoms with Crippen LogP contribution in [-0.4, -0.2) is 14.1 Å². The van der Waals surface area contributed by atoms with E-state index < -0.39 is 0 Å². The SMILES string of the molecule is CC[n+]1c(/C=C/c2cccc(N(C)C)c2)ccc2ccccc21. The molecule has 2 aromatic carbocycles. The summed E-state index contributed by atoms with van der Waals surface area (Å²) in [7, 11) is 4.13. The van der Waals surface area contributed by atoms with Gasteiger partial charge in [0.2, 0.25) is 11.2 Å². The summed E-state index contributed by atoms with van der Waals surface area (Å²) >= 11 is 0. The van der Waals surface area contributed by atoms with Crippen molar-refractivity contribution in [3.05, 3.63) is 71.9 Å². The van der Waals surface area contributed by atoms with Gasteiger partial charge in [-0.2, -0.15) is 4.57 Å². The second-order valence-corrected chi connectivity index (χ2v) is 5.88. The van der Waals surface area contributed by atoms with Gasteiger partial charge in [-0.15, -0.1) is 0 Å². The smallest absolute Gasteiger partial charge is 0.212 e. The Morgan fingerprint density at radius 1 is 0.913 bits per heavy atom. The van der Waals surface area contributed by atoms with E-state index in [2.05, 4.69) is 103 Å². The summed E-state index contributed by atoms with van der Waals surface area (Å²) in [6.45, 7) is 3.15. The van der Waals surface area contributed by atoms with Gasteiger partial charge in [-0.05, 0) is 42.8 Å². The summed E-state index contributed by atoms with van der Waals surface area (Å²) in [6.07, 6.45) is 4.38. The average molecular weight is 303 g/mol. The Morgan fingerprint density at radius 3 is 2.52 bits per heavy atom. The van der Waals surface area contributed by atoms with Crippen LogP contribution in [0, 0.1) is 0 Å². The van der Waals surface area contributed by atoms with Crippen LogP contribution in [0.2, 0.25) is 0 Å². The topological polar surface area (TPSA) is 7.12 Å². The van der Waals surface area contributed by atoms with Crippen LogP contribution in [0.1, 0.15) is 18.2 Å². The van der Waals surface area contributed by atoms with E-state index in [9.17, 15) is 0 Å². The first-order chi connectivity index (χ1) is 11.2. The number of nitrogens with zero attached hydrogens (tertiary/aromatic N) is 2. The molecular weight excluding hydrogens is 280 g/mol. The van der Waals surface area contributed by atoms with E-state index in [1.54, 1.807) is 0 Å². The molecule has 0 aliphatic carbocycles. The van der Waals surface area contributed by atoms with Crippen LogP contribution in [0.4, 0.5) is 5.69 Å². The minimum atomic E-state index is 0.957. The molecule has 0 saturated carbocycles. The minimum Gasteiger partial charge on any atom is -0.378 e. The van der Waals surface area contributed by atoms with E-state index in [1.165, 1.54) is 27.8 Å². The van der Waals surface area contributed by atoms with Gasteiger partial charge in [0.25, 0.3) is 0 Å². The number of aryl methyl sites for hydroxylation is 1. The Hall–Kier alpha value is -2.61. The number of fused-ring (bicyclic) bond motifs is 1. The number of hydrogen-bond acceptors (Lipinski definition) is 1. The van der Waals surface area contributed by atoms with Crippen molar-refractivity contribution in [2.24, 2.45) is 0 Å². The number of anilines is 1. The van der Waals surface area contributed by atoms with Crippen molar-refractivity contribution in [3.63, 3.8) is 0 Å². The van der Waals surface area contributed by atoms with E-state index >= 15 is 0 Å². The monoisotopic (exact) mass is 303 g/mol. The molecule has 0 radical (unpaired) electrons. The molecule has 2 nitrogen and oxygen atoms in total. The largest absolute Gasteiger partial charge is 0.378 e. The minimum absolute atomic E-state index is 0.957. The van der Waals surface area contributed by atoms with Gasteiger partial charge in [-0.1, -0.05) is 24.3 Å². The lowest BCUT2D eigenvalue weighted by molar-refractivity contribution is -0.669. The maximum Gasteiger partial charge on any atom is 0.212 e. The van der Waals surface area contributed by atoms with Crippen LogP contribution < -0.4 is 9.47 Å². The highest BCUT2D eigenvalue weighted by molar-refractivity contribution is 5.77. The fourth-order valence-electron chi connectivity index (χ4n) is 2.87. The summed E-state index contributed by atoms with van der Waals surface area (Å²) in [5, 5.41) is 1.28. The normalized spacial score (nSPS) is 11.3. The molecule has 0 atom stereocenters. The van der Waals surface area contributed by atoms with Gasteiger partial charge in [0.1, 0.15) is 6.54 Å². The molecule has 2 heteroatoms. The molecule has 3 rings (SSSR count). The third kappa shape index (κ3) is 3.26. The molecule has 0 fully saturated rings. The summed E-state index contributed by atoms with van der Waals surface area (Å²) in [5.74, 6) is 0. The van der Waals surface area contributed by atoms with Crippen molar-refractivity contribution in [1.29, 1.82) is 0 Å². The fourth-order valence-corrected chi connectivity index (χ4v) is 2.87. The lowest BCUT2D eigenvalue weighted by Crippen LogP contribution is -2.36. The molecule has 0 bridgehead atoms. The van der Waals surface area contributed by atoms with Crippen LogP contribution >= 0.6 is 0 Å². The van der Waals surface area contributed by atoms with E-state index in [1.807, 2.05) is 0 Å². The maximum absolute atomic E-state index is 2.35. The van der Waals surface area contributed by atoms with Crippen LogP contribution in [0.3, 0.4) is 0 Å². The van der Waals surface area contributed by atoms with Gasteiger partial charge in [0.15, 0.2) is 0 Å². The second kappa shape index (κ2) is 6.66. The number of rotatable bonds is 4. The number of hydrogen-bond donors (Lipinski definition) is 0. The number of benzene rings is 2. The van der Waals surface area contributed by atoms with Crippen molar-refractivity contribution in [2.75, 3.05) is 19.0 Å². The molecule has 0 saturated heterocycles. The van der Waals surface area contributed by atoms with Crippen molar-refractivity contribution >= 4 is 28.7 Å². The molecule has 116 valence electrons. The van der Waals surface area contributed by atoms with E-state index in [0.717, 1.165) is 6.54 Å². The molecule has 0 amide bonds. The molecular formula is C21H23N2+. The Bertz CT molecular complexity index is 847. The molecule has 0 spiro atoms. The number of aromatic nitrogens is 1. The first kappa shape index (κ1) is 15.3. The average Bonchev–Trinajstić information content (AvgIpc) is 2.59. The standard InChI is InChI=1S/C21H23N2/c1-4-23-19(15-13-18-9-5-6-11-21(18)23)14-12-17-8-7-10-20(16-17)22(2)3/h5-16H,4H2,1-3H3/q+1/b14-12+. The van der Waals surface area contributed by atoms with Gasteiger partial charge in [-0.3, -0.25) is 0 Å². The van der Waals surface area contributed by atoms with Crippen LogP contribution in [0.5, 0.6) is 0 Å². The zero-order valence-electron chi connectivity index (χ0n) is 14.0. The quantitative estimate of drug-likeness (QED) is 0.649. The summed E-state index contributed by atoms with van der Waals surface area (Å²) in [6, 6.07) is 21.5. The maximum atomic E-state index is 2.35. The fraction of sp³-hybridized carbons (Fsp3) is 0.190. The van der Waals surface area contributed by atoms with Gasteiger partial charge >= 0.3 is 0 Å². The van der Waals surface area contributed by atoms with Crippen molar-refractivity contribution < 1.29 is 4.57 Å². The van der Waals surface area contributed by atoms with Crippen molar-refractivity contribution in [3.8, 4) is 0 Å². The van der Waals surface area contributed by atoms with Gasteiger partial charge in [0.05, 0.1) is 0 Å². The third-order valence-electron chi connectivity index (χ3n) is 4.12. The third-order valence-corrected chi connectivity index (χ3v) is 4.12. The number of pyridine rings is 1. The first-order valence-corrected chi connectivity index (χ1v) is 8.06. The Labute approximate surface area is 138 Å². The zero-order valence-corrected chi connectivity index (χ0v) is 14.0. The van der Waals surface area contributed by atoms with Crippen LogP contribution in [0.15, 0.2) is 60.7 Å². The van der Waals surface area contributed by atoms with Crippen molar-refractivity contribution in [1.82, 2.24) is 0 Å². The van der Waals surface area contributed by atoms with Crippen molar-refractivity contribution in [2.45, 2.75) is 13.5 Å². The predicted octanol–water partition coefficient (Wildman–Crippen LogP) is 4.38. The zero-order chi connectivity index (χ0) is 16.2. The summed E-state index contributed by atoms with van der Waals surface area (Å²) < 4.78 is 2.35. The summed E-state index contributed by atoms with van der Waals surface area (Å²) in [4.78, 5) is 2.12. The Balaban J connectivity index is 1.99. The molecule has 0 aliphatic heterocycles. The Morgan fingerprint density at radius 2 is 1.74 bits per heavy atom. The molecule has 0 aliphatic rings. The summed E-state index contributed by atoms with van der Waals surface area (Å²) in [5.41, 5.74) is 4.93. The highest BCUT2D eigenvalue weighted by atomic mass is 15.1. The molecule has 0 unspecified atom stereocenters. The molecule has 0 N–H and O–H groups in total. The highest BCUT2D eigenvalue weighted by Crippen LogP contribution is 2.16. The van der Waals surface area contributed by atoms with E-state index in [4.69, 9.17) is 0 Å². The van der Waals surface area contributed by atoms with E-state index in [0.29, 0.717) is 0 Å². The second-order valence-electron chi connectivity index (χ2n) is 5.88. The lowest BCUT2D eigenvalue weighted by Gasteiger charge is -2.12. The first-order valence-electron chi connectivity index (χ1n) is 8.06. The highest BCUT2D eigenvalue weighted by Gasteiger charge is 2.10. The van der Waals surface area contributed by atoms with Crippen LogP contribution in [-0.2, 0) is 6.54 Å². The van der Waals surface area contributed by atoms with Gasteiger partial charge in [0, 0.05) is 43.4 Å². The van der Waals surface area contributed by atoms with E-state index in [-0.39, 0.29) is 0 Å². The number of para-hydroxylation sites is 1. The Kier molecular flexibility index (Phi) is 4.42. The van der Waals surface area contributed by atoms with Gasteiger partial charge < -0.3 is 4.90 Å². The van der Waals surface area contributed by atoms with Crippen LogP contribution in [0.25, 0.3) is 23.1 Å². The molecule has 1 aromatic heterocycles. The molecule has 1 heterocycles. The molecule has 23 heavy (non-hydrogen) atoms. The molecule has 3 aromatic rings.